The first-order valence-corrected chi connectivity index (χ1v) is 7.77. The Balaban J connectivity index is 2.24. The monoisotopic (exact) mass is 286 g/mol. The number of rotatable bonds is 6. The van der Waals surface area contributed by atoms with E-state index in [1.54, 1.807) is 7.05 Å². The summed E-state index contributed by atoms with van der Waals surface area (Å²) in [4.78, 5) is 0.0195. The van der Waals surface area contributed by atoms with Crippen molar-refractivity contribution < 1.29 is 12.8 Å². The first-order chi connectivity index (χ1) is 8.86. The summed E-state index contributed by atoms with van der Waals surface area (Å²) >= 11 is 0. The van der Waals surface area contributed by atoms with Crippen molar-refractivity contribution in [2.24, 2.45) is 5.41 Å². The molecule has 2 rings (SSSR count). The molecule has 2 N–H and O–H groups in total. The van der Waals surface area contributed by atoms with Gasteiger partial charge in [0.05, 0.1) is 4.90 Å². The molecule has 0 unspecified atom stereocenters. The highest BCUT2D eigenvalue weighted by Gasteiger charge is 2.38. The van der Waals surface area contributed by atoms with Crippen molar-refractivity contribution in [1.29, 1.82) is 0 Å². The fourth-order valence-corrected chi connectivity index (χ4v) is 3.30. The minimum Gasteiger partial charge on any atom is -0.316 e. The van der Waals surface area contributed by atoms with Gasteiger partial charge < -0.3 is 5.32 Å². The van der Waals surface area contributed by atoms with Gasteiger partial charge in [-0.05, 0) is 43.0 Å². The van der Waals surface area contributed by atoms with Crippen LogP contribution in [0, 0.1) is 11.2 Å². The molecule has 0 spiro atoms. The molecule has 0 aromatic heterocycles. The minimum atomic E-state index is -3.66. The van der Waals surface area contributed by atoms with Gasteiger partial charge in [-0.15, -0.1) is 0 Å². The lowest BCUT2D eigenvalue weighted by Crippen LogP contribution is -2.30. The first kappa shape index (κ1) is 14.4. The van der Waals surface area contributed by atoms with E-state index in [4.69, 9.17) is 0 Å². The van der Waals surface area contributed by atoms with Crippen LogP contribution < -0.4 is 10.0 Å². The highest BCUT2D eigenvalue weighted by atomic mass is 32.2. The van der Waals surface area contributed by atoms with Gasteiger partial charge in [0.25, 0.3) is 0 Å². The Morgan fingerprint density at radius 1 is 1.37 bits per heavy atom. The average molecular weight is 286 g/mol. The van der Waals surface area contributed by atoms with E-state index in [-0.39, 0.29) is 10.3 Å². The van der Waals surface area contributed by atoms with E-state index in [1.807, 2.05) is 6.92 Å². The van der Waals surface area contributed by atoms with Crippen LogP contribution >= 0.6 is 0 Å². The Morgan fingerprint density at radius 2 is 2.05 bits per heavy atom. The van der Waals surface area contributed by atoms with E-state index in [0.29, 0.717) is 18.7 Å². The molecule has 106 valence electrons. The molecule has 0 aliphatic heterocycles. The van der Waals surface area contributed by atoms with E-state index in [2.05, 4.69) is 10.0 Å². The molecular formula is C13H19FN2O2S. The Hall–Kier alpha value is -0.980. The molecule has 0 bridgehead atoms. The van der Waals surface area contributed by atoms with Gasteiger partial charge in [-0.3, -0.25) is 0 Å². The maximum Gasteiger partial charge on any atom is 0.241 e. The first-order valence-electron chi connectivity index (χ1n) is 6.29. The molecule has 1 saturated carbocycles. The smallest absolute Gasteiger partial charge is 0.241 e. The number of sulfonamides is 1. The quantitative estimate of drug-likeness (QED) is 0.835. The van der Waals surface area contributed by atoms with Crippen LogP contribution in [0.4, 0.5) is 4.39 Å². The molecular weight excluding hydrogens is 267 g/mol. The number of benzene rings is 1. The maximum atomic E-state index is 13.3. The van der Waals surface area contributed by atoms with Crippen molar-refractivity contribution in [3.8, 4) is 0 Å². The normalized spacial score (nSPS) is 17.4. The molecule has 4 nitrogen and oxygen atoms in total. The van der Waals surface area contributed by atoms with E-state index in [9.17, 15) is 12.8 Å². The van der Waals surface area contributed by atoms with Crippen molar-refractivity contribution in [3.63, 3.8) is 0 Å². The molecule has 0 saturated heterocycles. The zero-order valence-corrected chi connectivity index (χ0v) is 12.0. The third-order valence-corrected chi connectivity index (χ3v) is 4.96. The highest BCUT2D eigenvalue weighted by Crippen LogP contribution is 2.44. The number of hydrogen-bond donors (Lipinski definition) is 2. The predicted octanol–water partition coefficient (Wildman–Crippen LogP) is 1.62. The summed E-state index contributed by atoms with van der Waals surface area (Å²) < 4.78 is 40.4. The number of halogens is 1. The molecule has 0 amide bonds. The summed E-state index contributed by atoms with van der Waals surface area (Å²) in [5.41, 5.74) is 0.640. The van der Waals surface area contributed by atoms with Crippen LogP contribution in [0.25, 0.3) is 0 Å². The summed E-state index contributed by atoms with van der Waals surface area (Å²) in [7, 11) is -1.94. The minimum absolute atomic E-state index is 0.0195. The van der Waals surface area contributed by atoms with Crippen molar-refractivity contribution in [2.75, 3.05) is 13.6 Å². The molecule has 1 aromatic rings. The van der Waals surface area contributed by atoms with Crippen LogP contribution in [-0.4, -0.2) is 22.0 Å². The van der Waals surface area contributed by atoms with Crippen molar-refractivity contribution in [1.82, 2.24) is 10.0 Å². The molecule has 19 heavy (non-hydrogen) atoms. The molecule has 1 fully saturated rings. The lowest BCUT2D eigenvalue weighted by atomic mass is 10.2. The van der Waals surface area contributed by atoms with Crippen LogP contribution in [0.5, 0.6) is 0 Å². The molecule has 0 atom stereocenters. The highest BCUT2D eigenvalue weighted by molar-refractivity contribution is 7.89. The van der Waals surface area contributed by atoms with Crippen LogP contribution in [0.2, 0.25) is 0 Å². The predicted molar refractivity (Wildman–Crippen MR) is 71.7 cm³/mol. The molecule has 1 aliphatic carbocycles. The number of hydrogen-bond acceptors (Lipinski definition) is 3. The van der Waals surface area contributed by atoms with Gasteiger partial charge in [-0.2, -0.15) is 0 Å². The van der Waals surface area contributed by atoms with Gasteiger partial charge in [0.2, 0.25) is 10.0 Å². The molecule has 1 aliphatic rings. The molecule has 6 heteroatoms. The van der Waals surface area contributed by atoms with Crippen molar-refractivity contribution in [3.05, 3.63) is 29.6 Å². The lowest BCUT2D eigenvalue weighted by molar-refractivity contribution is 0.528. The summed E-state index contributed by atoms with van der Waals surface area (Å²) in [5.74, 6) is -0.544. The van der Waals surface area contributed by atoms with E-state index in [1.165, 1.54) is 12.1 Å². The number of nitrogens with one attached hydrogen (secondary N) is 2. The zero-order valence-electron chi connectivity index (χ0n) is 11.2. The SMILES string of the molecule is CNCc1ccc(F)cc1S(=O)(=O)NCC1(C)CC1. The second-order valence-electron chi connectivity index (χ2n) is 5.42. The van der Waals surface area contributed by atoms with Crippen LogP contribution in [0.3, 0.4) is 0 Å². The van der Waals surface area contributed by atoms with Gasteiger partial charge in [0, 0.05) is 13.1 Å². The topological polar surface area (TPSA) is 58.2 Å². The Labute approximate surface area is 113 Å². The van der Waals surface area contributed by atoms with Crippen molar-refractivity contribution >= 4 is 10.0 Å². The second-order valence-corrected chi connectivity index (χ2v) is 7.15. The molecule has 0 radical (unpaired) electrons. The standard InChI is InChI=1S/C13H19FN2O2S/c1-13(5-6-13)9-16-19(17,18)12-7-11(14)4-3-10(12)8-15-2/h3-4,7,15-16H,5-6,8-9H2,1-2H3. The van der Waals surface area contributed by atoms with E-state index < -0.39 is 15.8 Å². The summed E-state index contributed by atoms with van der Waals surface area (Å²) in [5, 5.41) is 2.89. The van der Waals surface area contributed by atoms with Crippen LogP contribution in [0.1, 0.15) is 25.3 Å². The van der Waals surface area contributed by atoms with Gasteiger partial charge in [-0.1, -0.05) is 13.0 Å². The van der Waals surface area contributed by atoms with Gasteiger partial charge in [0.15, 0.2) is 0 Å². The van der Waals surface area contributed by atoms with Crippen LogP contribution in [-0.2, 0) is 16.6 Å². The third kappa shape index (κ3) is 3.52. The summed E-state index contributed by atoms with van der Waals surface area (Å²) in [6.45, 7) is 2.83. The molecule has 1 aromatic carbocycles. The average Bonchev–Trinajstić information content (AvgIpc) is 3.08. The Morgan fingerprint density at radius 3 is 2.63 bits per heavy atom. The van der Waals surface area contributed by atoms with Gasteiger partial charge in [-0.25, -0.2) is 17.5 Å². The zero-order chi connectivity index (χ0) is 14.1. The van der Waals surface area contributed by atoms with Crippen molar-refractivity contribution in [2.45, 2.75) is 31.2 Å². The van der Waals surface area contributed by atoms with Crippen LogP contribution in [0.15, 0.2) is 23.1 Å². The fourth-order valence-electron chi connectivity index (χ4n) is 1.85. The lowest BCUT2D eigenvalue weighted by Gasteiger charge is -2.14. The molecule has 0 heterocycles. The third-order valence-electron chi connectivity index (χ3n) is 3.48. The summed E-state index contributed by atoms with van der Waals surface area (Å²) in [6.07, 6.45) is 2.06. The maximum absolute atomic E-state index is 13.3. The fraction of sp³-hybridized carbons (Fsp3) is 0.538. The summed E-state index contributed by atoms with van der Waals surface area (Å²) in [6, 6.07) is 3.84. The van der Waals surface area contributed by atoms with E-state index >= 15 is 0 Å². The van der Waals surface area contributed by atoms with Gasteiger partial charge >= 0.3 is 0 Å². The van der Waals surface area contributed by atoms with E-state index in [0.717, 1.165) is 18.9 Å². The largest absolute Gasteiger partial charge is 0.316 e. The Bertz CT molecular complexity index is 568. The second kappa shape index (κ2) is 5.19. The Kier molecular flexibility index (Phi) is 3.94. The van der Waals surface area contributed by atoms with Gasteiger partial charge in [0.1, 0.15) is 5.82 Å².